The number of hydrogen-bond donors (Lipinski definition) is 1. The van der Waals surface area contributed by atoms with Gasteiger partial charge in [0.05, 0.1) is 10.6 Å². The first-order valence-corrected chi connectivity index (χ1v) is 13.0. The quantitative estimate of drug-likeness (QED) is 0.316. The molecule has 0 saturated carbocycles. The van der Waals surface area contributed by atoms with Gasteiger partial charge in [-0.15, -0.1) is 0 Å². The molecule has 0 spiro atoms. The monoisotopic (exact) mass is 556 g/mol. The summed E-state index contributed by atoms with van der Waals surface area (Å²) in [6.07, 6.45) is 3.07. The molecule has 1 aliphatic rings. The Labute approximate surface area is 222 Å². The summed E-state index contributed by atoms with van der Waals surface area (Å²) >= 11 is 0. The maximum Gasteiger partial charge on any atom is 0.387 e. The molecule has 1 heterocycles. The number of halogens is 2. The van der Waals surface area contributed by atoms with Crippen LogP contribution in [0.25, 0.3) is 6.08 Å². The van der Waals surface area contributed by atoms with Crippen molar-refractivity contribution in [1.29, 1.82) is 0 Å². The van der Waals surface area contributed by atoms with E-state index >= 15 is 0 Å². The van der Waals surface area contributed by atoms with Crippen molar-refractivity contribution in [3.8, 4) is 5.75 Å². The van der Waals surface area contributed by atoms with Crippen LogP contribution in [0.15, 0.2) is 83.8 Å². The van der Waals surface area contributed by atoms with Crippen LogP contribution in [0.2, 0.25) is 0 Å². The maximum absolute atomic E-state index is 13.1. The third-order valence-electron chi connectivity index (χ3n) is 5.66. The third kappa shape index (κ3) is 6.85. The summed E-state index contributed by atoms with van der Waals surface area (Å²) in [6, 6.07) is 17.9. The second-order valence-corrected chi connectivity index (χ2v) is 10.1. The summed E-state index contributed by atoms with van der Waals surface area (Å²) < 4.78 is 60.9. The number of esters is 1. The number of nitrogens with one attached hydrogen (secondary N) is 1. The van der Waals surface area contributed by atoms with Crippen LogP contribution in [0.4, 0.5) is 14.5 Å². The lowest BCUT2D eigenvalue weighted by atomic mass is 10.2. The lowest BCUT2D eigenvalue weighted by molar-refractivity contribution is -0.143. The molecule has 3 aromatic carbocycles. The molecule has 0 aromatic heterocycles. The summed E-state index contributed by atoms with van der Waals surface area (Å²) in [6.45, 7) is -3.39. The summed E-state index contributed by atoms with van der Waals surface area (Å²) in [5.41, 5.74) is 2.16. The number of carbonyl (C=O) groups is 3. The predicted octanol–water partition coefficient (Wildman–Crippen LogP) is 3.55. The number of benzene rings is 3. The van der Waals surface area contributed by atoms with Crippen LogP contribution in [0.5, 0.6) is 5.75 Å². The Kier molecular flexibility index (Phi) is 8.35. The average Bonchev–Trinajstić information content (AvgIpc) is 3.36. The molecule has 39 heavy (non-hydrogen) atoms. The lowest BCUT2D eigenvalue weighted by Crippen LogP contribution is -2.34. The molecule has 4 rings (SSSR count). The summed E-state index contributed by atoms with van der Waals surface area (Å²) in [7, 11) is -3.75. The standard InChI is InChI=1S/C27H22F2N2O7S/c28-27(29)38-21-10-8-20(9-11-21)26(34)30-24(32)17-37-25(33)14-7-18-5-12-22(13-6-18)39(35,36)31-16-15-19-3-1-2-4-23(19)31/h1-14,27H,15-17H2,(H,30,32,34)/b14-7+. The normalized spacial score (nSPS) is 12.8. The van der Waals surface area contributed by atoms with Crippen molar-refractivity contribution >= 4 is 39.6 Å². The van der Waals surface area contributed by atoms with Crippen molar-refractivity contribution in [2.45, 2.75) is 17.9 Å². The van der Waals surface area contributed by atoms with Gasteiger partial charge in [0.25, 0.3) is 21.8 Å². The largest absolute Gasteiger partial charge is 0.452 e. The Bertz CT molecular complexity index is 1510. The van der Waals surface area contributed by atoms with E-state index in [4.69, 9.17) is 4.74 Å². The van der Waals surface area contributed by atoms with E-state index in [0.717, 1.165) is 23.8 Å². The van der Waals surface area contributed by atoms with Gasteiger partial charge in [0.1, 0.15) is 5.75 Å². The van der Waals surface area contributed by atoms with E-state index in [2.05, 4.69) is 4.74 Å². The topological polar surface area (TPSA) is 119 Å². The minimum atomic E-state index is -3.75. The molecule has 0 bridgehead atoms. The highest BCUT2D eigenvalue weighted by molar-refractivity contribution is 7.92. The summed E-state index contributed by atoms with van der Waals surface area (Å²) in [4.78, 5) is 36.1. The fourth-order valence-corrected chi connectivity index (χ4v) is 5.31. The number of amides is 2. The number of alkyl halides is 2. The van der Waals surface area contributed by atoms with Crippen LogP contribution in [0.1, 0.15) is 21.5 Å². The van der Waals surface area contributed by atoms with Gasteiger partial charge < -0.3 is 9.47 Å². The van der Waals surface area contributed by atoms with Crippen LogP contribution in [0, 0.1) is 0 Å². The van der Waals surface area contributed by atoms with E-state index in [1.165, 1.54) is 46.8 Å². The second kappa shape index (κ2) is 11.9. The van der Waals surface area contributed by atoms with Gasteiger partial charge in [-0.2, -0.15) is 8.78 Å². The Morgan fingerprint density at radius 3 is 2.36 bits per heavy atom. The van der Waals surface area contributed by atoms with E-state index < -0.39 is 41.0 Å². The molecule has 9 nitrogen and oxygen atoms in total. The summed E-state index contributed by atoms with van der Waals surface area (Å²) in [5.74, 6) is -2.73. The Hall–Kier alpha value is -4.58. The molecule has 0 aliphatic carbocycles. The van der Waals surface area contributed by atoms with Gasteiger partial charge in [0.2, 0.25) is 0 Å². The SMILES string of the molecule is O=C(COC(=O)/C=C/c1ccc(S(=O)(=O)N2CCc3ccccc32)cc1)NC(=O)c1ccc(OC(F)F)cc1. The highest BCUT2D eigenvalue weighted by Crippen LogP contribution is 2.32. The van der Waals surface area contributed by atoms with Crippen LogP contribution in [-0.2, 0) is 30.8 Å². The van der Waals surface area contributed by atoms with Gasteiger partial charge in [-0.1, -0.05) is 30.3 Å². The molecule has 1 N–H and O–H groups in total. The highest BCUT2D eigenvalue weighted by atomic mass is 32.2. The Morgan fingerprint density at radius 2 is 1.67 bits per heavy atom. The molecule has 2 amide bonds. The van der Waals surface area contributed by atoms with E-state index in [0.29, 0.717) is 24.2 Å². The molecule has 0 fully saturated rings. The smallest absolute Gasteiger partial charge is 0.387 e. The number of para-hydroxylation sites is 1. The van der Waals surface area contributed by atoms with Crippen molar-refractivity contribution in [3.63, 3.8) is 0 Å². The number of hydrogen-bond acceptors (Lipinski definition) is 7. The number of imide groups is 1. The zero-order valence-electron chi connectivity index (χ0n) is 20.3. The Balaban J connectivity index is 1.27. The van der Waals surface area contributed by atoms with Crippen molar-refractivity contribution in [2.75, 3.05) is 17.5 Å². The van der Waals surface area contributed by atoms with Gasteiger partial charge in [0.15, 0.2) is 6.61 Å². The van der Waals surface area contributed by atoms with E-state index in [1.807, 2.05) is 17.4 Å². The van der Waals surface area contributed by atoms with E-state index in [9.17, 15) is 31.6 Å². The van der Waals surface area contributed by atoms with Crippen LogP contribution in [0.3, 0.4) is 0 Å². The number of fused-ring (bicyclic) bond motifs is 1. The van der Waals surface area contributed by atoms with Crippen molar-refractivity contribution < 1.29 is 41.1 Å². The molecule has 0 radical (unpaired) electrons. The molecule has 0 saturated heterocycles. The van der Waals surface area contributed by atoms with Gasteiger partial charge in [-0.3, -0.25) is 19.2 Å². The molecular formula is C27H22F2N2O7S. The average molecular weight is 557 g/mol. The molecular weight excluding hydrogens is 534 g/mol. The van der Waals surface area contributed by atoms with Gasteiger partial charge in [-0.25, -0.2) is 13.2 Å². The molecule has 1 aliphatic heterocycles. The Morgan fingerprint density at radius 1 is 0.974 bits per heavy atom. The van der Waals surface area contributed by atoms with Gasteiger partial charge in [0, 0.05) is 18.2 Å². The first-order chi connectivity index (χ1) is 18.6. The van der Waals surface area contributed by atoms with Crippen LogP contribution < -0.4 is 14.4 Å². The predicted molar refractivity (Wildman–Crippen MR) is 137 cm³/mol. The first-order valence-electron chi connectivity index (χ1n) is 11.6. The zero-order valence-corrected chi connectivity index (χ0v) is 21.1. The summed E-state index contributed by atoms with van der Waals surface area (Å²) in [5, 5.41) is 2.01. The van der Waals surface area contributed by atoms with E-state index in [1.54, 1.807) is 12.1 Å². The third-order valence-corrected chi connectivity index (χ3v) is 7.49. The van der Waals surface area contributed by atoms with Gasteiger partial charge >= 0.3 is 12.6 Å². The van der Waals surface area contributed by atoms with Crippen molar-refractivity contribution in [3.05, 3.63) is 95.6 Å². The molecule has 202 valence electrons. The van der Waals surface area contributed by atoms with Crippen LogP contribution in [-0.4, -0.2) is 46.0 Å². The molecule has 12 heteroatoms. The molecule has 3 aromatic rings. The molecule has 0 atom stereocenters. The number of rotatable bonds is 9. The van der Waals surface area contributed by atoms with E-state index in [-0.39, 0.29) is 16.2 Å². The first kappa shape index (κ1) is 27.5. The number of ether oxygens (including phenoxy) is 2. The number of anilines is 1. The van der Waals surface area contributed by atoms with Crippen molar-refractivity contribution in [1.82, 2.24) is 5.32 Å². The number of carbonyl (C=O) groups excluding carboxylic acids is 3. The fraction of sp³-hybridized carbons (Fsp3) is 0.148. The maximum atomic E-state index is 13.1. The fourth-order valence-electron chi connectivity index (χ4n) is 3.81. The number of sulfonamides is 1. The van der Waals surface area contributed by atoms with Crippen LogP contribution >= 0.6 is 0 Å². The van der Waals surface area contributed by atoms with Gasteiger partial charge in [-0.05, 0) is 66.1 Å². The zero-order chi connectivity index (χ0) is 28.0. The minimum Gasteiger partial charge on any atom is -0.452 e. The highest BCUT2D eigenvalue weighted by Gasteiger charge is 2.30. The van der Waals surface area contributed by atoms with Crippen molar-refractivity contribution in [2.24, 2.45) is 0 Å². The minimum absolute atomic E-state index is 0.00981. The molecule has 0 unspecified atom stereocenters. The number of nitrogens with zero attached hydrogens (tertiary/aromatic N) is 1. The lowest BCUT2D eigenvalue weighted by Gasteiger charge is -2.19. The second-order valence-electron chi connectivity index (χ2n) is 8.25.